The van der Waals surface area contributed by atoms with Crippen molar-refractivity contribution in [1.29, 1.82) is 0 Å². The molecule has 0 aliphatic heterocycles. The average molecular weight is 373 g/mol. The van der Waals surface area contributed by atoms with E-state index in [2.05, 4.69) is 10.4 Å². The molecule has 0 aliphatic carbocycles. The zero-order chi connectivity index (χ0) is 20.2. The van der Waals surface area contributed by atoms with Gasteiger partial charge in [-0.3, -0.25) is 9.59 Å². The van der Waals surface area contributed by atoms with Gasteiger partial charge in [-0.2, -0.15) is 5.10 Å². The summed E-state index contributed by atoms with van der Waals surface area (Å²) >= 11 is 0. The van der Waals surface area contributed by atoms with Crippen molar-refractivity contribution >= 4 is 11.9 Å². The van der Waals surface area contributed by atoms with Gasteiger partial charge >= 0.3 is 5.97 Å². The highest BCUT2D eigenvalue weighted by atomic mass is 16.4. The van der Waals surface area contributed by atoms with Crippen molar-refractivity contribution in [2.45, 2.75) is 52.5 Å². The van der Waals surface area contributed by atoms with Gasteiger partial charge < -0.3 is 15.5 Å². The van der Waals surface area contributed by atoms with Gasteiger partial charge in [0, 0.05) is 29.8 Å². The molecule has 1 aromatic heterocycles. The molecular weight excluding hydrogens is 346 g/mol. The van der Waals surface area contributed by atoms with Crippen LogP contribution in [-0.4, -0.2) is 44.0 Å². The molecule has 3 N–H and O–H groups in total. The van der Waals surface area contributed by atoms with E-state index in [1.54, 1.807) is 16.8 Å². The van der Waals surface area contributed by atoms with Crippen molar-refractivity contribution in [1.82, 2.24) is 15.1 Å². The summed E-state index contributed by atoms with van der Waals surface area (Å²) in [5.74, 6) is -1.03. The third-order valence-electron chi connectivity index (χ3n) is 4.59. The molecule has 27 heavy (non-hydrogen) atoms. The van der Waals surface area contributed by atoms with Gasteiger partial charge in [-0.1, -0.05) is 0 Å². The minimum Gasteiger partial charge on any atom is -0.481 e. The zero-order valence-electron chi connectivity index (χ0n) is 16.2. The molecule has 0 bridgehead atoms. The van der Waals surface area contributed by atoms with Gasteiger partial charge in [0.15, 0.2) is 0 Å². The Kier molecular flexibility index (Phi) is 6.38. The van der Waals surface area contributed by atoms with E-state index in [4.69, 9.17) is 10.2 Å². The lowest BCUT2D eigenvalue weighted by atomic mass is 10.0. The molecule has 7 nitrogen and oxygen atoms in total. The maximum atomic E-state index is 12.4. The molecule has 2 aromatic rings. The van der Waals surface area contributed by atoms with E-state index >= 15 is 0 Å². The predicted molar refractivity (Wildman–Crippen MR) is 102 cm³/mol. The van der Waals surface area contributed by atoms with Crippen molar-refractivity contribution in [2.24, 2.45) is 0 Å². The van der Waals surface area contributed by atoms with E-state index in [1.807, 2.05) is 39.8 Å². The number of amides is 1. The standard InChI is InChI=1S/C20H27N3O4/c1-13-17(9-10-18(25)26)14(2)23(22-13)16-7-5-15(6-8-16)19(27)21-20(3,4)11-12-24/h5-8,24H,9-12H2,1-4H3,(H,21,27)(H,25,26). The Bertz CT molecular complexity index is 822. The van der Waals surface area contributed by atoms with Crippen LogP contribution in [-0.2, 0) is 11.2 Å². The highest BCUT2D eigenvalue weighted by Gasteiger charge is 2.21. The van der Waals surface area contributed by atoms with E-state index in [0.29, 0.717) is 18.4 Å². The Labute approximate surface area is 159 Å². The Hall–Kier alpha value is -2.67. The minimum atomic E-state index is -0.832. The second-order valence-electron chi connectivity index (χ2n) is 7.31. The van der Waals surface area contributed by atoms with E-state index in [-0.39, 0.29) is 18.9 Å². The number of hydrogen-bond acceptors (Lipinski definition) is 4. The number of aliphatic hydroxyl groups is 1. The molecule has 0 atom stereocenters. The van der Waals surface area contributed by atoms with Crippen LogP contribution < -0.4 is 5.32 Å². The summed E-state index contributed by atoms with van der Waals surface area (Å²) in [6.07, 6.45) is 0.977. The van der Waals surface area contributed by atoms with Gasteiger partial charge in [-0.05, 0) is 70.4 Å². The van der Waals surface area contributed by atoms with Crippen LogP contribution >= 0.6 is 0 Å². The van der Waals surface area contributed by atoms with E-state index < -0.39 is 11.5 Å². The predicted octanol–water partition coefficient (Wildman–Crippen LogP) is 2.40. The number of nitrogens with zero attached hydrogens (tertiary/aromatic N) is 2. The number of aliphatic hydroxyl groups excluding tert-OH is 1. The summed E-state index contributed by atoms with van der Waals surface area (Å²) in [5, 5.41) is 25.4. The van der Waals surface area contributed by atoms with Crippen LogP contribution in [0.25, 0.3) is 5.69 Å². The molecule has 1 aromatic carbocycles. The Morgan fingerprint density at radius 3 is 2.37 bits per heavy atom. The average Bonchev–Trinajstić information content (AvgIpc) is 2.86. The maximum Gasteiger partial charge on any atom is 0.303 e. The van der Waals surface area contributed by atoms with Crippen molar-refractivity contribution in [3.05, 3.63) is 46.8 Å². The first-order valence-electron chi connectivity index (χ1n) is 8.95. The number of aryl methyl sites for hydroxylation is 1. The van der Waals surface area contributed by atoms with Crippen LogP contribution in [0.3, 0.4) is 0 Å². The number of aliphatic carboxylic acids is 1. The summed E-state index contributed by atoms with van der Waals surface area (Å²) in [6, 6.07) is 7.09. The molecule has 0 saturated heterocycles. The number of carboxylic acid groups (broad SMARTS) is 1. The molecule has 0 unspecified atom stereocenters. The smallest absolute Gasteiger partial charge is 0.303 e. The van der Waals surface area contributed by atoms with Crippen LogP contribution in [0.1, 0.15) is 54.0 Å². The summed E-state index contributed by atoms with van der Waals surface area (Å²) < 4.78 is 1.77. The van der Waals surface area contributed by atoms with Gasteiger partial charge in [0.25, 0.3) is 5.91 Å². The number of carbonyl (C=O) groups excluding carboxylic acids is 1. The molecule has 0 fully saturated rings. The number of rotatable bonds is 8. The van der Waals surface area contributed by atoms with Gasteiger partial charge in [0.05, 0.1) is 11.4 Å². The molecular formula is C20H27N3O4. The Morgan fingerprint density at radius 1 is 1.19 bits per heavy atom. The second kappa shape index (κ2) is 8.35. The molecule has 2 rings (SSSR count). The minimum absolute atomic E-state index is 0.00829. The molecule has 1 heterocycles. The summed E-state index contributed by atoms with van der Waals surface area (Å²) in [5.41, 5.74) is 3.49. The Morgan fingerprint density at radius 2 is 1.81 bits per heavy atom. The van der Waals surface area contributed by atoms with Crippen molar-refractivity contribution in [2.75, 3.05) is 6.61 Å². The summed E-state index contributed by atoms with van der Waals surface area (Å²) in [7, 11) is 0. The summed E-state index contributed by atoms with van der Waals surface area (Å²) in [6.45, 7) is 7.52. The number of carboxylic acids is 1. The molecule has 0 saturated carbocycles. The highest BCUT2D eigenvalue weighted by Crippen LogP contribution is 2.20. The van der Waals surface area contributed by atoms with Crippen LogP contribution in [0, 0.1) is 13.8 Å². The zero-order valence-corrected chi connectivity index (χ0v) is 16.2. The fourth-order valence-corrected chi connectivity index (χ4v) is 3.00. The third kappa shape index (κ3) is 5.17. The van der Waals surface area contributed by atoms with Gasteiger partial charge in [0.2, 0.25) is 0 Å². The van der Waals surface area contributed by atoms with E-state index in [9.17, 15) is 9.59 Å². The van der Waals surface area contributed by atoms with Crippen molar-refractivity contribution in [3.63, 3.8) is 0 Å². The maximum absolute atomic E-state index is 12.4. The number of aromatic nitrogens is 2. The first-order valence-corrected chi connectivity index (χ1v) is 8.95. The van der Waals surface area contributed by atoms with Crippen LogP contribution in [0.15, 0.2) is 24.3 Å². The fraction of sp³-hybridized carbons (Fsp3) is 0.450. The van der Waals surface area contributed by atoms with Crippen LogP contribution in [0.5, 0.6) is 0 Å². The number of nitrogens with one attached hydrogen (secondary N) is 1. The first kappa shape index (κ1) is 20.6. The quantitative estimate of drug-likeness (QED) is 0.659. The lowest BCUT2D eigenvalue weighted by molar-refractivity contribution is -0.136. The fourth-order valence-electron chi connectivity index (χ4n) is 3.00. The molecule has 1 amide bonds. The van der Waals surface area contributed by atoms with Crippen molar-refractivity contribution < 1.29 is 19.8 Å². The normalized spacial score (nSPS) is 11.4. The number of carbonyl (C=O) groups is 2. The van der Waals surface area contributed by atoms with Crippen LogP contribution in [0.4, 0.5) is 0 Å². The van der Waals surface area contributed by atoms with Gasteiger partial charge in [-0.15, -0.1) is 0 Å². The largest absolute Gasteiger partial charge is 0.481 e. The molecule has 0 spiro atoms. The van der Waals surface area contributed by atoms with E-state index in [0.717, 1.165) is 22.6 Å². The number of benzene rings is 1. The molecule has 0 radical (unpaired) electrons. The monoisotopic (exact) mass is 373 g/mol. The van der Waals surface area contributed by atoms with Crippen molar-refractivity contribution in [3.8, 4) is 5.69 Å². The first-order chi connectivity index (χ1) is 12.6. The highest BCUT2D eigenvalue weighted by molar-refractivity contribution is 5.94. The lowest BCUT2D eigenvalue weighted by Gasteiger charge is -2.25. The van der Waals surface area contributed by atoms with E-state index in [1.165, 1.54) is 0 Å². The molecule has 146 valence electrons. The topological polar surface area (TPSA) is 104 Å². The molecule has 0 aliphatic rings. The SMILES string of the molecule is Cc1nn(-c2ccc(C(=O)NC(C)(C)CCO)cc2)c(C)c1CCC(=O)O. The van der Waals surface area contributed by atoms with Gasteiger partial charge in [0.1, 0.15) is 0 Å². The summed E-state index contributed by atoms with van der Waals surface area (Å²) in [4.78, 5) is 23.2. The molecule has 7 heteroatoms. The number of hydrogen-bond donors (Lipinski definition) is 3. The Balaban J connectivity index is 2.19. The van der Waals surface area contributed by atoms with Gasteiger partial charge in [-0.25, -0.2) is 4.68 Å². The third-order valence-corrected chi connectivity index (χ3v) is 4.59. The lowest BCUT2D eigenvalue weighted by Crippen LogP contribution is -2.44. The van der Waals surface area contributed by atoms with Crippen LogP contribution in [0.2, 0.25) is 0 Å². The second-order valence-corrected chi connectivity index (χ2v) is 7.31.